The Morgan fingerprint density at radius 1 is 1.23 bits per heavy atom. The Morgan fingerprint density at radius 3 is 2.00 bits per heavy atom. The Bertz CT molecular complexity index is 156. The van der Waals surface area contributed by atoms with E-state index in [1.807, 2.05) is 0 Å². The fourth-order valence-corrected chi connectivity index (χ4v) is 4.18. The monoisotopic (exact) mass is 312 g/mol. The molecule has 0 spiro atoms. The summed E-state index contributed by atoms with van der Waals surface area (Å²) >= 11 is 2.27. The van der Waals surface area contributed by atoms with Crippen LogP contribution in [0.3, 0.4) is 0 Å². The van der Waals surface area contributed by atoms with E-state index in [0.29, 0.717) is 0 Å². The second kappa shape index (κ2) is 7.01. The second-order valence-electron chi connectivity index (χ2n) is 3.49. The van der Waals surface area contributed by atoms with Gasteiger partial charge in [0.2, 0.25) is 0 Å². The van der Waals surface area contributed by atoms with Crippen LogP contribution in [0.15, 0.2) is 9.66 Å². The minimum absolute atomic E-state index is 0.838. The lowest BCUT2D eigenvalue weighted by atomic mass is 10.4. The summed E-state index contributed by atoms with van der Waals surface area (Å²) in [6, 6.07) is 3.73. The van der Waals surface area contributed by atoms with Gasteiger partial charge < -0.3 is 4.43 Å². The molecule has 1 nitrogen and oxygen atoms in total. The van der Waals surface area contributed by atoms with Gasteiger partial charge in [-0.05, 0) is 34.7 Å². The van der Waals surface area contributed by atoms with Gasteiger partial charge in [-0.2, -0.15) is 0 Å². The molecule has 0 heterocycles. The number of halogens is 1. The van der Waals surface area contributed by atoms with Crippen LogP contribution in [0.2, 0.25) is 18.1 Å². The summed E-state index contributed by atoms with van der Waals surface area (Å²) in [6.45, 7) is 9.77. The lowest BCUT2D eigenvalue weighted by molar-refractivity contribution is 0.333. The van der Waals surface area contributed by atoms with Crippen molar-refractivity contribution in [3.8, 4) is 0 Å². The molecule has 0 amide bonds. The number of hydrogen-bond acceptors (Lipinski definition) is 1. The molecule has 0 bridgehead atoms. The van der Waals surface area contributed by atoms with Crippen molar-refractivity contribution in [1.29, 1.82) is 0 Å². The summed E-state index contributed by atoms with van der Waals surface area (Å²) in [4.78, 5) is 0. The van der Waals surface area contributed by atoms with Gasteiger partial charge in [0, 0.05) is 0 Å². The summed E-state index contributed by atoms with van der Waals surface area (Å²) in [5.74, 6) is 0. The standard InChI is InChI=1S/C10H21IOSi/c1-5-13(6-2,7-3)12-9-10(4)8-11/h8H,5-7,9H2,1-4H3/b10-8+. The predicted molar refractivity (Wildman–Crippen MR) is 70.9 cm³/mol. The fourth-order valence-electron chi connectivity index (χ4n) is 1.35. The Balaban J connectivity index is 4.10. The largest absolute Gasteiger partial charge is 0.413 e. The van der Waals surface area contributed by atoms with E-state index in [1.165, 1.54) is 23.7 Å². The van der Waals surface area contributed by atoms with Gasteiger partial charge in [0.15, 0.2) is 8.32 Å². The quantitative estimate of drug-likeness (QED) is 0.523. The van der Waals surface area contributed by atoms with Crippen molar-refractivity contribution in [3.63, 3.8) is 0 Å². The molecular weight excluding hydrogens is 291 g/mol. The summed E-state index contributed by atoms with van der Waals surface area (Å²) in [7, 11) is -1.34. The summed E-state index contributed by atoms with van der Waals surface area (Å²) < 4.78 is 8.20. The van der Waals surface area contributed by atoms with Crippen LogP contribution < -0.4 is 0 Å². The zero-order valence-electron chi connectivity index (χ0n) is 9.19. The fraction of sp³-hybridized carbons (Fsp3) is 0.800. The molecule has 0 aromatic heterocycles. The van der Waals surface area contributed by atoms with Crippen LogP contribution >= 0.6 is 22.6 Å². The van der Waals surface area contributed by atoms with Crippen LogP contribution in [0.4, 0.5) is 0 Å². The lowest BCUT2D eigenvalue weighted by Gasteiger charge is -2.28. The van der Waals surface area contributed by atoms with E-state index in [4.69, 9.17) is 4.43 Å². The molecule has 0 aliphatic rings. The summed E-state index contributed by atoms with van der Waals surface area (Å²) in [5, 5.41) is 0. The maximum absolute atomic E-state index is 6.10. The zero-order valence-corrected chi connectivity index (χ0v) is 12.3. The van der Waals surface area contributed by atoms with Crippen LogP contribution in [0.1, 0.15) is 27.7 Å². The molecule has 0 unspecified atom stereocenters. The highest BCUT2D eigenvalue weighted by Gasteiger charge is 2.28. The average Bonchev–Trinajstić information content (AvgIpc) is 2.20. The average molecular weight is 312 g/mol. The molecule has 0 N–H and O–H groups in total. The minimum Gasteiger partial charge on any atom is -0.413 e. The van der Waals surface area contributed by atoms with Gasteiger partial charge in [-0.15, -0.1) is 0 Å². The van der Waals surface area contributed by atoms with Crippen molar-refractivity contribution >= 4 is 30.9 Å². The van der Waals surface area contributed by atoms with Gasteiger partial charge in [-0.3, -0.25) is 0 Å². The third-order valence-corrected chi connectivity index (χ3v) is 8.41. The van der Waals surface area contributed by atoms with Crippen molar-refractivity contribution in [2.24, 2.45) is 0 Å². The molecule has 0 atom stereocenters. The van der Waals surface area contributed by atoms with Crippen LogP contribution in [0.25, 0.3) is 0 Å². The predicted octanol–water partition coefficient (Wildman–Crippen LogP) is 4.35. The van der Waals surface area contributed by atoms with E-state index in [1.54, 1.807) is 0 Å². The van der Waals surface area contributed by atoms with Gasteiger partial charge in [0.25, 0.3) is 0 Å². The summed E-state index contributed by atoms with van der Waals surface area (Å²) in [5.41, 5.74) is 1.34. The van der Waals surface area contributed by atoms with E-state index in [2.05, 4.69) is 54.4 Å². The summed E-state index contributed by atoms with van der Waals surface area (Å²) in [6.07, 6.45) is 0. The number of hydrogen-bond donors (Lipinski definition) is 0. The minimum atomic E-state index is -1.34. The van der Waals surface area contributed by atoms with Crippen LogP contribution in [0.5, 0.6) is 0 Å². The van der Waals surface area contributed by atoms with Gasteiger partial charge >= 0.3 is 0 Å². The maximum Gasteiger partial charge on any atom is 0.192 e. The zero-order chi connectivity index (χ0) is 10.3. The first-order chi connectivity index (χ1) is 6.14. The topological polar surface area (TPSA) is 9.23 Å². The van der Waals surface area contributed by atoms with Gasteiger partial charge in [0.05, 0.1) is 6.61 Å². The van der Waals surface area contributed by atoms with E-state index in [0.717, 1.165) is 6.61 Å². The molecule has 0 rings (SSSR count). The van der Waals surface area contributed by atoms with Crippen molar-refractivity contribution in [2.45, 2.75) is 45.8 Å². The van der Waals surface area contributed by atoms with Crippen LogP contribution in [0, 0.1) is 0 Å². The third kappa shape index (κ3) is 4.60. The molecule has 78 valence electrons. The molecule has 0 aliphatic carbocycles. The molecule has 0 aromatic rings. The molecular formula is C10H21IOSi. The molecule has 0 saturated carbocycles. The molecule has 0 aliphatic heterocycles. The van der Waals surface area contributed by atoms with Crippen molar-refractivity contribution < 1.29 is 4.43 Å². The van der Waals surface area contributed by atoms with Gasteiger partial charge in [0.1, 0.15) is 0 Å². The van der Waals surface area contributed by atoms with Crippen LogP contribution in [-0.4, -0.2) is 14.9 Å². The van der Waals surface area contributed by atoms with Crippen LogP contribution in [-0.2, 0) is 4.43 Å². The van der Waals surface area contributed by atoms with Gasteiger partial charge in [-0.25, -0.2) is 0 Å². The smallest absolute Gasteiger partial charge is 0.192 e. The molecule has 0 radical (unpaired) electrons. The second-order valence-corrected chi connectivity index (χ2v) is 8.89. The highest BCUT2D eigenvalue weighted by atomic mass is 127. The van der Waals surface area contributed by atoms with E-state index in [9.17, 15) is 0 Å². The van der Waals surface area contributed by atoms with E-state index >= 15 is 0 Å². The maximum atomic E-state index is 6.10. The molecule has 0 saturated heterocycles. The normalized spacial score (nSPS) is 13.5. The highest BCUT2D eigenvalue weighted by Crippen LogP contribution is 2.22. The Hall–Kier alpha value is 0.647. The first-order valence-electron chi connectivity index (χ1n) is 5.04. The number of rotatable bonds is 6. The lowest BCUT2D eigenvalue weighted by Crippen LogP contribution is -2.36. The first kappa shape index (κ1) is 13.6. The highest BCUT2D eigenvalue weighted by molar-refractivity contribution is 14.1. The molecule has 0 fully saturated rings. The molecule has 13 heavy (non-hydrogen) atoms. The first-order valence-corrected chi connectivity index (χ1v) is 8.81. The SMILES string of the molecule is CC[Si](CC)(CC)OC/C(C)=C/I. The Labute approximate surface area is 97.2 Å². The van der Waals surface area contributed by atoms with Crippen molar-refractivity contribution in [3.05, 3.63) is 9.66 Å². The van der Waals surface area contributed by atoms with Crippen molar-refractivity contribution in [1.82, 2.24) is 0 Å². The third-order valence-electron chi connectivity index (χ3n) is 2.73. The van der Waals surface area contributed by atoms with Gasteiger partial charge in [-0.1, -0.05) is 43.4 Å². The molecule has 3 heteroatoms. The van der Waals surface area contributed by atoms with E-state index < -0.39 is 8.32 Å². The van der Waals surface area contributed by atoms with Crippen molar-refractivity contribution in [2.75, 3.05) is 6.61 Å². The molecule has 0 aromatic carbocycles. The van der Waals surface area contributed by atoms with E-state index in [-0.39, 0.29) is 0 Å². The Kier molecular flexibility index (Phi) is 7.36. The Morgan fingerprint density at radius 2 is 1.69 bits per heavy atom.